The quantitative estimate of drug-likeness (QED) is 0.841. The van der Waals surface area contributed by atoms with E-state index in [1.807, 2.05) is 33.8 Å². The number of hydrogen-bond donors (Lipinski definition) is 2. The molecular formula is C13H19NO3. The molecule has 0 aliphatic heterocycles. The van der Waals surface area contributed by atoms with Gasteiger partial charge in [0.05, 0.1) is 6.10 Å². The molecule has 0 aliphatic rings. The van der Waals surface area contributed by atoms with E-state index < -0.39 is 12.0 Å². The molecule has 0 spiro atoms. The third-order valence-electron chi connectivity index (χ3n) is 2.66. The van der Waals surface area contributed by atoms with E-state index in [2.05, 4.69) is 0 Å². The highest BCUT2D eigenvalue weighted by atomic mass is 16.5. The molecule has 4 nitrogen and oxygen atoms in total. The first-order valence-corrected chi connectivity index (χ1v) is 5.59. The molecular weight excluding hydrogens is 218 g/mol. The van der Waals surface area contributed by atoms with Crippen molar-refractivity contribution in [1.82, 2.24) is 0 Å². The van der Waals surface area contributed by atoms with E-state index in [1.165, 1.54) is 0 Å². The average molecular weight is 237 g/mol. The molecule has 1 rings (SSSR count). The summed E-state index contributed by atoms with van der Waals surface area (Å²) in [6, 6.07) is 2.53. The van der Waals surface area contributed by atoms with E-state index in [9.17, 15) is 4.79 Å². The van der Waals surface area contributed by atoms with Crippen LogP contribution < -0.4 is 10.5 Å². The molecule has 0 amide bonds. The number of ether oxygens (including phenoxy) is 1. The molecule has 0 fully saturated rings. The second kappa shape index (κ2) is 5.19. The highest BCUT2D eigenvalue weighted by Crippen LogP contribution is 2.31. The lowest BCUT2D eigenvalue weighted by Crippen LogP contribution is -2.22. The van der Waals surface area contributed by atoms with Gasteiger partial charge in [0.2, 0.25) is 0 Å². The van der Waals surface area contributed by atoms with Crippen LogP contribution in [0.5, 0.6) is 5.75 Å². The van der Waals surface area contributed by atoms with Crippen LogP contribution in [-0.4, -0.2) is 17.2 Å². The summed E-state index contributed by atoms with van der Waals surface area (Å²) < 4.78 is 5.68. The van der Waals surface area contributed by atoms with Crippen molar-refractivity contribution in [2.24, 2.45) is 5.73 Å². The highest BCUT2D eigenvalue weighted by Gasteiger charge is 2.21. The van der Waals surface area contributed by atoms with Gasteiger partial charge in [0, 0.05) is 5.56 Å². The first kappa shape index (κ1) is 13.5. The molecule has 0 aromatic heterocycles. The lowest BCUT2D eigenvalue weighted by atomic mass is 9.99. The Hall–Kier alpha value is -1.55. The van der Waals surface area contributed by atoms with Crippen molar-refractivity contribution < 1.29 is 14.6 Å². The Balaban J connectivity index is 3.29. The minimum atomic E-state index is -1.05. The van der Waals surface area contributed by atoms with Gasteiger partial charge in [0.1, 0.15) is 11.8 Å². The van der Waals surface area contributed by atoms with Crippen LogP contribution in [-0.2, 0) is 4.79 Å². The number of nitrogens with two attached hydrogens (primary N) is 1. The number of carbonyl (C=O) groups is 1. The minimum absolute atomic E-state index is 0.0183. The van der Waals surface area contributed by atoms with Crippen molar-refractivity contribution in [1.29, 1.82) is 0 Å². The maximum atomic E-state index is 11.0. The summed E-state index contributed by atoms with van der Waals surface area (Å²) in [6.45, 7) is 7.67. The van der Waals surface area contributed by atoms with Crippen molar-refractivity contribution in [2.45, 2.75) is 39.8 Å². The number of hydrogen-bond acceptors (Lipinski definition) is 3. The van der Waals surface area contributed by atoms with Gasteiger partial charge in [-0.2, -0.15) is 0 Å². The van der Waals surface area contributed by atoms with Crippen LogP contribution in [0.2, 0.25) is 0 Å². The van der Waals surface area contributed by atoms with Gasteiger partial charge in [-0.25, -0.2) is 0 Å². The topological polar surface area (TPSA) is 72.6 Å². The Morgan fingerprint density at radius 2 is 1.94 bits per heavy atom. The summed E-state index contributed by atoms with van der Waals surface area (Å²) in [5, 5.41) is 8.97. The standard InChI is InChI=1S/C13H19NO3/c1-7(2)17-12-9(4)8(3)5-6-10(12)11(14)13(15)16/h5-7,11H,14H2,1-4H3,(H,15,16). The first-order valence-electron chi connectivity index (χ1n) is 5.59. The van der Waals surface area contributed by atoms with E-state index >= 15 is 0 Å². The van der Waals surface area contributed by atoms with Crippen LogP contribution in [0.3, 0.4) is 0 Å². The van der Waals surface area contributed by atoms with Crippen molar-refractivity contribution in [2.75, 3.05) is 0 Å². The zero-order valence-corrected chi connectivity index (χ0v) is 10.7. The second-order valence-corrected chi connectivity index (χ2v) is 4.41. The third-order valence-corrected chi connectivity index (χ3v) is 2.66. The summed E-state index contributed by atoms with van der Waals surface area (Å²) in [7, 11) is 0. The van der Waals surface area contributed by atoms with Gasteiger partial charge in [0.15, 0.2) is 0 Å². The van der Waals surface area contributed by atoms with Gasteiger partial charge in [-0.05, 0) is 38.8 Å². The molecule has 94 valence electrons. The van der Waals surface area contributed by atoms with Crippen LogP contribution in [0.4, 0.5) is 0 Å². The fourth-order valence-electron chi connectivity index (χ4n) is 1.58. The van der Waals surface area contributed by atoms with E-state index in [-0.39, 0.29) is 6.10 Å². The largest absolute Gasteiger partial charge is 0.490 e. The van der Waals surface area contributed by atoms with Crippen LogP contribution in [0, 0.1) is 13.8 Å². The van der Waals surface area contributed by atoms with Gasteiger partial charge in [-0.15, -0.1) is 0 Å². The summed E-state index contributed by atoms with van der Waals surface area (Å²) in [6.07, 6.45) is -0.0183. The minimum Gasteiger partial charge on any atom is -0.490 e. The van der Waals surface area contributed by atoms with Crippen LogP contribution in [0.1, 0.15) is 36.6 Å². The molecule has 1 atom stereocenters. The number of aryl methyl sites for hydroxylation is 1. The van der Waals surface area contributed by atoms with Crippen LogP contribution in [0.15, 0.2) is 12.1 Å². The predicted octanol–water partition coefficient (Wildman–Crippen LogP) is 2.18. The molecule has 17 heavy (non-hydrogen) atoms. The molecule has 0 aliphatic carbocycles. The third kappa shape index (κ3) is 2.97. The van der Waals surface area contributed by atoms with Crippen molar-refractivity contribution in [3.05, 3.63) is 28.8 Å². The smallest absolute Gasteiger partial charge is 0.325 e. The molecule has 0 radical (unpaired) electrons. The van der Waals surface area contributed by atoms with Crippen molar-refractivity contribution >= 4 is 5.97 Å². The molecule has 1 unspecified atom stereocenters. The Labute approximate surface area is 101 Å². The maximum absolute atomic E-state index is 11.0. The average Bonchev–Trinajstić information content (AvgIpc) is 2.23. The first-order chi connectivity index (χ1) is 7.84. The van der Waals surface area contributed by atoms with Gasteiger partial charge in [-0.3, -0.25) is 4.79 Å². The number of benzene rings is 1. The Morgan fingerprint density at radius 1 is 1.35 bits per heavy atom. The summed E-state index contributed by atoms with van der Waals surface area (Å²) in [5.74, 6) is -0.461. The van der Waals surface area contributed by atoms with Gasteiger partial charge in [-0.1, -0.05) is 12.1 Å². The molecule has 0 bridgehead atoms. The number of carboxylic acids is 1. The number of aliphatic carboxylic acids is 1. The number of carboxylic acid groups (broad SMARTS) is 1. The zero-order valence-electron chi connectivity index (χ0n) is 10.7. The van der Waals surface area contributed by atoms with E-state index in [0.29, 0.717) is 11.3 Å². The monoisotopic (exact) mass is 237 g/mol. The number of rotatable bonds is 4. The zero-order chi connectivity index (χ0) is 13.2. The summed E-state index contributed by atoms with van der Waals surface area (Å²) in [4.78, 5) is 11.0. The second-order valence-electron chi connectivity index (χ2n) is 4.41. The molecule has 4 heteroatoms. The summed E-state index contributed by atoms with van der Waals surface area (Å²) in [5.41, 5.74) is 8.17. The fraction of sp³-hybridized carbons (Fsp3) is 0.462. The van der Waals surface area contributed by atoms with Crippen LogP contribution in [0.25, 0.3) is 0 Å². The van der Waals surface area contributed by atoms with Gasteiger partial charge >= 0.3 is 5.97 Å². The van der Waals surface area contributed by atoms with Crippen LogP contribution >= 0.6 is 0 Å². The van der Waals surface area contributed by atoms with E-state index in [0.717, 1.165) is 11.1 Å². The summed E-state index contributed by atoms with van der Waals surface area (Å²) >= 11 is 0. The fourth-order valence-corrected chi connectivity index (χ4v) is 1.58. The SMILES string of the molecule is Cc1ccc(C(N)C(=O)O)c(OC(C)C)c1C. The maximum Gasteiger partial charge on any atom is 0.325 e. The lowest BCUT2D eigenvalue weighted by molar-refractivity contribution is -0.138. The molecule has 3 N–H and O–H groups in total. The Kier molecular flexibility index (Phi) is 4.12. The van der Waals surface area contributed by atoms with E-state index in [4.69, 9.17) is 15.6 Å². The van der Waals surface area contributed by atoms with Crippen molar-refractivity contribution in [3.8, 4) is 5.75 Å². The lowest BCUT2D eigenvalue weighted by Gasteiger charge is -2.20. The highest BCUT2D eigenvalue weighted by molar-refractivity contribution is 5.76. The molecule has 0 saturated carbocycles. The van der Waals surface area contributed by atoms with Crippen molar-refractivity contribution in [3.63, 3.8) is 0 Å². The predicted molar refractivity (Wildman–Crippen MR) is 66.2 cm³/mol. The Bertz CT molecular complexity index is 427. The van der Waals surface area contributed by atoms with Gasteiger partial charge < -0.3 is 15.6 Å². The normalized spacial score (nSPS) is 12.6. The molecule has 0 saturated heterocycles. The Morgan fingerprint density at radius 3 is 2.41 bits per heavy atom. The van der Waals surface area contributed by atoms with Gasteiger partial charge in [0.25, 0.3) is 0 Å². The molecule has 1 aromatic rings. The molecule has 0 heterocycles. The molecule has 1 aromatic carbocycles. The van der Waals surface area contributed by atoms with E-state index in [1.54, 1.807) is 6.07 Å².